The molecule has 0 amide bonds. The highest BCUT2D eigenvalue weighted by molar-refractivity contribution is 7.89. The zero-order chi connectivity index (χ0) is 13.0. The third kappa shape index (κ3) is 1.67. The van der Waals surface area contributed by atoms with Crippen molar-refractivity contribution in [2.45, 2.75) is 23.8 Å². The molecule has 98 valence electrons. The summed E-state index contributed by atoms with van der Waals surface area (Å²) in [5.74, 6) is -0.716. The summed E-state index contributed by atoms with van der Waals surface area (Å²) in [7, 11) is -3.72. The average Bonchev–Trinajstić information content (AvgIpc) is 2.21. The zero-order valence-electron chi connectivity index (χ0n) is 9.71. The average molecular weight is 271 g/mol. The Morgan fingerprint density at radius 1 is 1.28 bits per heavy atom. The van der Waals surface area contributed by atoms with Gasteiger partial charge in [0.25, 0.3) is 0 Å². The number of aliphatic hydroxyl groups excluding tert-OH is 1. The van der Waals surface area contributed by atoms with E-state index in [-0.39, 0.29) is 16.4 Å². The summed E-state index contributed by atoms with van der Waals surface area (Å²) in [6, 6.07) is 5.41. The van der Waals surface area contributed by atoms with E-state index in [2.05, 4.69) is 0 Å². The molecule has 1 N–H and O–H groups in total. The Morgan fingerprint density at radius 3 is 2.44 bits per heavy atom. The lowest BCUT2D eigenvalue weighted by Gasteiger charge is -2.56. The van der Waals surface area contributed by atoms with Crippen molar-refractivity contribution in [2.24, 2.45) is 5.41 Å². The van der Waals surface area contributed by atoms with Gasteiger partial charge in [0.1, 0.15) is 10.7 Å². The number of hydrogen-bond acceptors (Lipinski definition) is 3. The van der Waals surface area contributed by atoms with Crippen molar-refractivity contribution in [3.63, 3.8) is 0 Å². The number of halogens is 1. The van der Waals surface area contributed by atoms with Crippen LogP contribution in [0.25, 0.3) is 0 Å². The predicted molar refractivity (Wildman–Crippen MR) is 62.8 cm³/mol. The maximum atomic E-state index is 13.5. The fraction of sp³-hybridized carbons (Fsp3) is 0.500. The van der Waals surface area contributed by atoms with Gasteiger partial charge in [-0.2, -0.15) is 4.31 Å². The molecule has 1 spiro atoms. The summed E-state index contributed by atoms with van der Waals surface area (Å²) in [4.78, 5) is -0.264. The third-order valence-electron chi connectivity index (χ3n) is 3.82. The van der Waals surface area contributed by atoms with Crippen LogP contribution in [-0.2, 0) is 10.0 Å². The van der Waals surface area contributed by atoms with Crippen molar-refractivity contribution in [1.82, 2.24) is 4.31 Å². The van der Waals surface area contributed by atoms with Gasteiger partial charge in [-0.25, -0.2) is 12.8 Å². The van der Waals surface area contributed by atoms with Gasteiger partial charge in [0, 0.05) is 18.5 Å². The fourth-order valence-electron chi connectivity index (χ4n) is 2.86. The molecule has 1 aliphatic carbocycles. The van der Waals surface area contributed by atoms with Crippen LogP contribution in [-0.4, -0.2) is 37.0 Å². The maximum absolute atomic E-state index is 13.5. The van der Waals surface area contributed by atoms with Crippen molar-refractivity contribution >= 4 is 10.0 Å². The molecule has 2 aliphatic rings. The minimum atomic E-state index is -3.72. The smallest absolute Gasteiger partial charge is 0.246 e. The maximum Gasteiger partial charge on any atom is 0.246 e. The molecule has 1 saturated heterocycles. The largest absolute Gasteiger partial charge is 0.393 e. The molecule has 1 saturated carbocycles. The van der Waals surface area contributed by atoms with E-state index >= 15 is 0 Å². The highest BCUT2D eigenvalue weighted by atomic mass is 32.2. The van der Waals surface area contributed by atoms with Crippen molar-refractivity contribution in [1.29, 1.82) is 0 Å². The van der Waals surface area contributed by atoms with Crippen LogP contribution in [0.2, 0.25) is 0 Å². The first-order valence-corrected chi connectivity index (χ1v) is 7.30. The minimum absolute atomic E-state index is 0.0578. The van der Waals surface area contributed by atoms with Crippen molar-refractivity contribution in [2.75, 3.05) is 13.1 Å². The van der Waals surface area contributed by atoms with Gasteiger partial charge in [0.15, 0.2) is 0 Å². The van der Waals surface area contributed by atoms with E-state index in [1.807, 2.05) is 0 Å². The van der Waals surface area contributed by atoms with Crippen LogP contribution in [0.5, 0.6) is 0 Å². The van der Waals surface area contributed by atoms with E-state index < -0.39 is 15.8 Å². The molecule has 1 aromatic carbocycles. The normalized spacial score (nSPS) is 23.7. The second kappa shape index (κ2) is 3.76. The minimum Gasteiger partial charge on any atom is -0.393 e. The van der Waals surface area contributed by atoms with Crippen molar-refractivity contribution in [3.05, 3.63) is 30.1 Å². The molecule has 0 bridgehead atoms. The Hall–Kier alpha value is -0.980. The highest BCUT2D eigenvalue weighted by Gasteiger charge is 2.55. The van der Waals surface area contributed by atoms with E-state index in [4.69, 9.17) is 0 Å². The lowest BCUT2D eigenvalue weighted by atomic mass is 9.63. The Labute approximate surface area is 105 Å². The summed E-state index contributed by atoms with van der Waals surface area (Å²) in [5.41, 5.74) is -0.0578. The summed E-state index contributed by atoms with van der Waals surface area (Å²) >= 11 is 0. The molecule has 0 unspecified atom stereocenters. The Balaban J connectivity index is 1.80. The van der Waals surface area contributed by atoms with Crippen LogP contribution in [0.15, 0.2) is 29.2 Å². The fourth-order valence-corrected chi connectivity index (χ4v) is 4.59. The van der Waals surface area contributed by atoms with Crippen LogP contribution < -0.4 is 0 Å². The van der Waals surface area contributed by atoms with Gasteiger partial charge in [-0.3, -0.25) is 0 Å². The van der Waals surface area contributed by atoms with Gasteiger partial charge in [-0.05, 0) is 25.0 Å². The van der Waals surface area contributed by atoms with Crippen molar-refractivity contribution < 1.29 is 17.9 Å². The van der Waals surface area contributed by atoms with E-state index in [0.717, 1.165) is 6.07 Å². The Bertz CT molecular complexity index is 573. The van der Waals surface area contributed by atoms with Crippen LogP contribution in [0.3, 0.4) is 0 Å². The summed E-state index contributed by atoms with van der Waals surface area (Å²) in [6.45, 7) is 0.779. The second-order valence-corrected chi connectivity index (χ2v) is 7.17. The monoisotopic (exact) mass is 271 g/mol. The Kier molecular flexibility index (Phi) is 2.52. The number of aliphatic hydroxyl groups is 1. The van der Waals surface area contributed by atoms with E-state index in [9.17, 15) is 17.9 Å². The molecule has 1 heterocycles. The molecule has 4 nitrogen and oxygen atoms in total. The summed E-state index contributed by atoms with van der Waals surface area (Å²) in [5, 5.41) is 9.27. The van der Waals surface area contributed by atoms with E-state index in [1.165, 1.54) is 22.5 Å². The molecule has 3 rings (SSSR count). The van der Waals surface area contributed by atoms with Crippen LogP contribution >= 0.6 is 0 Å². The molecule has 0 aromatic heterocycles. The first-order chi connectivity index (χ1) is 8.43. The van der Waals surface area contributed by atoms with Gasteiger partial charge >= 0.3 is 0 Å². The quantitative estimate of drug-likeness (QED) is 0.872. The highest BCUT2D eigenvalue weighted by Crippen LogP contribution is 2.49. The number of benzene rings is 1. The zero-order valence-corrected chi connectivity index (χ0v) is 10.5. The van der Waals surface area contributed by atoms with Gasteiger partial charge in [-0.1, -0.05) is 12.1 Å². The lowest BCUT2D eigenvalue weighted by molar-refractivity contribution is -0.0982. The molecule has 1 aromatic rings. The van der Waals surface area contributed by atoms with Crippen LogP contribution in [0.1, 0.15) is 12.8 Å². The molecule has 18 heavy (non-hydrogen) atoms. The number of sulfonamides is 1. The first kappa shape index (κ1) is 12.1. The summed E-state index contributed by atoms with van der Waals surface area (Å²) < 4.78 is 39.1. The topological polar surface area (TPSA) is 57.6 Å². The van der Waals surface area contributed by atoms with Gasteiger partial charge in [0.2, 0.25) is 10.0 Å². The lowest BCUT2D eigenvalue weighted by Crippen LogP contribution is -2.64. The number of nitrogens with zero attached hydrogens (tertiary/aromatic N) is 1. The molecule has 2 fully saturated rings. The number of rotatable bonds is 2. The van der Waals surface area contributed by atoms with Gasteiger partial charge in [-0.15, -0.1) is 0 Å². The standard InChI is InChI=1S/C12H14FNO3S/c13-10-3-1-2-4-11(10)18(16,17)14-7-12(8-14)5-9(15)6-12/h1-4,9,15H,5-8H2. The second-order valence-electron chi connectivity index (χ2n) is 5.27. The first-order valence-electron chi connectivity index (χ1n) is 5.86. The molecule has 1 aliphatic heterocycles. The molecular formula is C12H14FNO3S. The SMILES string of the molecule is O=S(=O)(c1ccccc1F)N1CC2(CC(O)C2)C1. The third-order valence-corrected chi connectivity index (χ3v) is 5.64. The summed E-state index contributed by atoms with van der Waals surface area (Å²) in [6.07, 6.45) is 0.996. The van der Waals surface area contributed by atoms with Gasteiger partial charge < -0.3 is 5.11 Å². The predicted octanol–water partition coefficient (Wildman–Crippen LogP) is 0.971. The molecule has 0 atom stereocenters. The van der Waals surface area contributed by atoms with Gasteiger partial charge in [0.05, 0.1) is 6.10 Å². The van der Waals surface area contributed by atoms with Crippen LogP contribution in [0, 0.1) is 11.2 Å². The Morgan fingerprint density at radius 2 is 1.89 bits per heavy atom. The van der Waals surface area contributed by atoms with E-state index in [0.29, 0.717) is 25.9 Å². The molecule has 6 heteroatoms. The molecular weight excluding hydrogens is 257 g/mol. The van der Waals surface area contributed by atoms with Crippen LogP contribution in [0.4, 0.5) is 4.39 Å². The van der Waals surface area contributed by atoms with E-state index in [1.54, 1.807) is 0 Å². The number of hydrogen-bond donors (Lipinski definition) is 1. The van der Waals surface area contributed by atoms with Crippen molar-refractivity contribution in [3.8, 4) is 0 Å². The molecule has 0 radical (unpaired) electrons.